The smallest absolute Gasteiger partial charge is 0.308 e. The lowest BCUT2D eigenvalue weighted by Gasteiger charge is -2.40. The van der Waals surface area contributed by atoms with Gasteiger partial charge in [0.05, 0.1) is 36.1 Å². The molecule has 1 heterocycles. The number of hydrogen-bond donors (Lipinski definition) is 0. The molecule has 1 aliphatic heterocycles. The topological polar surface area (TPSA) is 77.1 Å². The van der Waals surface area contributed by atoms with Crippen LogP contribution in [0.25, 0.3) is 0 Å². The summed E-state index contributed by atoms with van der Waals surface area (Å²) in [7, 11) is 0. The number of nitrogens with zero attached hydrogens (tertiary/aromatic N) is 3. The van der Waals surface area contributed by atoms with Crippen LogP contribution in [-0.2, 0) is 14.9 Å². The molecular weight excluding hydrogens is 434 g/mol. The molecule has 2 aromatic carbocycles. The quantitative estimate of drug-likeness (QED) is 0.445. The summed E-state index contributed by atoms with van der Waals surface area (Å²) in [5, 5.41) is 19.4. The summed E-state index contributed by atoms with van der Waals surface area (Å²) in [5.41, 5.74) is 1.55. The van der Waals surface area contributed by atoms with Crippen molar-refractivity contribution in [1.29, 1.82) is 10.5 Å². The normalized spacial score (nSPS) is 18.5. The highest BCUT2D eigenvalue weighted by Gasteiger charge is 2.44. The van der Waals surface area contributed by atoms with Gasteiger partial charge in [-0.25, -0.2) is 0 Å². The molecule has 5 nitrogen and oxygen atoms in total. The summed E-state index contributed by atoms with van der Waals surface area (Å²) in [4.78, 5) is 15.3. The molecule has 0 unspecified atom stereocenters. The molecule has 0 spiro atoms. The lowest BCUT2D eigenvalue weighted by molar-refractivity contribution is -0.150. The Bertz CT molecular complexity index is 1140. The molecule has 35 heavy (non-hydrogen) atoms. The van der Waals surface area contributed by atoms with Crippen molar-refractivity contribution >= 4 is 5.97 Å². The second kappa shape index (κ2) is 11.7. The van der Waals surface area contributed by atoms with Gasteiger partial charge in [0.1, 0.15) is 6.10 Å². The van der Waals surface area contributed by atoms with E-state index in [9.17, 15) is 10.1 Å². The monoisotopic (exact) mass is 465 g/mol. The van der Waals surface area contributed by atoms with Gasteiger partial charge in [0.2, 0.25) is 0 Å². The molecule has 1 atom stereocenters. The zero-order valence-corrected chi connectivity index (χ0v) is 20.1. The third-order valence-corrected chi connectivity index (χ3v) is 7.35. The molecule has 2 fully saturated rings. The van der Waals surface area contributed by atoms with Gasteiger partial charge in [0.15, 0.2) is 0 Å². The maximum absolute atomic E-state index is 13.0. The molecule has 2 aromatic rings. The van der Waals surface area contributed by atoms with Crippen LogP contribution in [0.2, 0.25) is 0 Å². The standard InChI is InChI=1S/C30H31N3O2/c31-22-25-14-12-24(13-15-25)7-6-18-33-19-16-27(17-20-33)30(23-32,26-8-2-1-3-9-26)21-29(34)35-28-10-4-5-11-28/h1-3,8-9,12-15,27-28H,4-5,10-11,16-21H2/t30-/m1/s1. The van der Waals surface area contributed by atoms with Crippen LogP contribution in [0.15, 0.2) is 54.6 Å². The number of carbonyl (C=O) groups is 1. The van der Waals surface area contributed by atoms with E-state index in [1.54, 1.807) is 12.1 Å². The van der Waals surface area contributed by atoms with Crippen molar-refractivity contribution in [2.75, 3.05) is 19.6 Å². The van der Waals surface area contributed by atoms with Crippen LogP contribution in [-0.4, -0.2) is 36.6 Å². The van der Waals surface area contributed by atoms with Crippen molar-refractivity contribution in [3.63, 3.8) is 0 Å². The van der Waals surface area contributed by atoms with Crippen LogP contribution in [0.1, 0.15) is 61.6 Å². The van der Waals surface area contributed by atoms with Gasteiger partial charge < -0.3 is 4.74 Å². The summed E-state index contributed by atoms with van der Waals surface area (Å²) < 4.78 is 5.78. The Balaban J connectivity index is 1.41. The zero-order chi connectivity index (χ0) is 24.5. The number of nitriles is 2. The molecule has 0 N–H and O–H groups in total. The van der Waals surface area contributed by atoms with E-state index in [1.807, 2.05) is 42.5 Å². The molecule has 178 valence electrons. The Kier molecular flexibility index (Phi) is 8.20. The predicted molar refractivity (Wildman–Crippen MR) is 134 cm³/mol. The van der Waals surface area contributed by atoms with Crippen LogP contribution in [0.3, 0.4) is 0 Å². The molecule has 1 saturated carbocycles. The molecule has 0 bridgehead atoms. The van der Waals surface area contributed by atoms with Gasteiger partial charge in [0, 0.05) is 5.56 Å². The van der Waals surface area contributed by atoms with Crippen molar-refractivity contribution in [2.45, 2.75) is 56.5 Å². The van der Waals surface area contributed by atoms with E-state index in [0.717, 1.165) is 62.7 Å². The fourth-order valence-corrected chi connectivity index (χ4v) is 5.34. The van der Waals surface area contributed by atoms with Crippen molar-refractivity contribution in [2.24, 2.45) is 5.92 Å². The maximum atomic E-state index is 13.0. The third kappa shape index (κ3) is 6.10. The molecule has 4 rings (SSSR count). The van der Waals surface area contributed by atoms with Gasteiger partial charge in [0.25, 0.3) is 0 Å². The molecule has 0 amide bonds. The summed E-state index contributed by atoms with van der Waals surface area (Å²) >= 11 is 0. The van der Waals surface area contributed by atoms with Crippen molar-refractivity contribution in [3.05, 3.63) is 71.3 Å². The number of carbonyl (C=O) groups excluding carboxylic acids is 1. The molecule has 2 aliphatic rings. The first-order valence-electron chi connectivity index (χ1n) is 12.5. The average Bonchev–Trinajstić information content (AvgIpc) is 3.41. The van der Waals surface area contributed by atoms with Crippen LogP contribution < -0.4 is 0 Å². The van der Waals surface area contributed by atoms with Crippen molar-refractivity contribution < 1.29 is 9.53 Å². The van der Waals surface area contributed by atoms with Crippen molar-refractivity contribution in [1.82, 2.24) is 4.90 Å². The second-order valence-corrected chi connectivity index (χ2v) is 9.56. The fraction of sp³-hybridized carbons (Fsp3) is 0.433. The highest BCUT2D eigenvalue weighted by molar-refractivity contribution is 5.73. The lowest BCUT2D eigenvalue weighted by Crippen LogP contribution is -2.44. The van der Waals surface area contributed by atoms with E-state index in [0.29, 0.717) is 12.1 Å². The van der Waals surface area contributed by atoms with Gasteiger partial charge in [-0.3, -0.25) is 9.69 Å². The van der Waals surface area contributed by atoms with Crippen LogP contribution in [0.5, 0.6) is 0 Å². The van der Waals surface area contributed by atoms with Crippen LogP contribution in [0.4, 0.5) is 0 Å². The zero-order valence-electron chi connectivity index (χ0n) is 20.1. The van der Waals surface area contributed by atoms with Gasteiger partial charge in [-0.05, 0) is 87.4 Å². The molecule has 1 aliphatic carbocycles. The molecule has 0 radical (unpaired) electrons. The van der Waals surface area contributed by atoms with Gasteiger partial charge >= 0.3 is 5.97 Å². The highest BCUT2D eigenvalue weighted by Crippen LogP contribution is 2.41. The minimum Gasteiger partial charge on any atom is -0.462 e. The Morgan fingerprint density at radius 1 is 0.943 bits per heavy atom. The van der Waals surface area contributed by atoms with Gasteiger partial charge in [-0.2, -0.15) is 10.5 Å². The number of rotatable bonds is 6. The number of hydrogen-bond acceptors (Lipinski definition) is 5. The Morgan fingerprint density at radius 2 is 1.60 bits per heavy atom. The molecule has 0 aromatic heterocycles. The summed E-state index contributed by atoms with van der Waals surface area (Å²) in [6.45, 7) is 2.32. The number of ether oxygens (including phenoxy) is 1. The first-order chi connectivity index (χ1) is 17.1. The largest absolute Gasteiger partial charge is 0.462 e. The minimum absolute atomic E-state index is 0.00573. The Hall–Kier alpha value is -3.59. The fourth-order valence-electron chi connectivity index (χ4n) is 5.34. The van der Waals surface area contributed by atoms with E-state index in [2.05, 4.69) is 28.9 Å². The minimum atomic E-state index is -0.878. The Morgan fingerprint density at radius 3 is 2.23 bits per heavy atom. The predicted octanol–water partition coefficient (Wildman–Crippen LogP) is 4.96. The van der Waals surface area contributed by atoms with E-state index < -0.39 is 5.41 Å². The lowest BCUT2D eigenvalue weighted by atomic mass is 9.65. The second-order valence-electron chi connectivity index (χ2n) is 9.56. The molecule has 1 saturated heterocycles. The van der Waals surface area contributed by atoms with Gasteiger partial charge in [-0.1, -0.05) is 42.2 Å². The molecular formula is C30H31N3O2. The van der Waals surface area contributed by atoms with Crippen LogP contribution in [0, 0.1) is 40.4 Å². The summed E-state index contributed by atoms with van der Waals surface area (Å²) in [5.74, 6) is 6.23. The number of esters is 1. The van der Waals surface area contributed by atoms with Crippen molar-refractivity contribution in [3.8, 4) is 24.0 Å². The maximum Gasteiger partial charge on any atom is 0.308 e. The first-order valence-corrected chi connectivity index (χ1v) is 12.5. The number of likely N-dealkylation sites (tertiary alicyclic amines) is 1. The summed E-state index contributed by atoms with van der Waals surface area (Å²) in [6.07, 6.45) is 5.84. The SMILES string of the molecule is N#Cc1ccc(C#CCN2CCC([C@@](C#N)(CC(=O)OC3CCCC3)c3ccccc3)CC2)cc1. The van der Waals surface area contributed by atoms with Gasteiger partial charge in [-0.15, -0.1) is 0 Å². The van der Waals surface area contributed by atoms with Crippen LogP contribution >= 0.6 is 0 Å². The molecule has 5 heteroatoms. The van der Waals surface area contributed by atoms with E-state index >= 15 is 0 Å². The number of piperidine rings is 1. The summed E-state index contributed by atoms with van der Waals surface area (Å²) in [6, 6.07) is 21.7. The van der Waals surface area contributed by atoms with E-state index in [1.165, 1.54) is 0 Å². The Labute approximate surface area is 208 Å². The average molecular weight is 466 g/mol. The van der Waals surface area contributed by atoms with E-state index in [-0.39, 0.29) is 24.4 Å². The highest BCUT2D eigenvalue weighted by atomic mass is 16.5. The van der Waals surface area contributed by atoms with E-state index in [4.69, 9.17) is 10.00 Å². The number of benzene rings is 2. The first kappa shape index (κ1) is 24.5. The third-order valence-electron chi connectivity index (χ3n) is 7.35.